The van der Waals surface area contributed by atoms with Gasteiger partial charge in [-0.1, -0.05) is 18.2 Å². The predicted octanol–water partition coefficient (Wildman–Crippen LogP) is 1.11. The van der Waals surface area contributed by atoms with Gasteiger partial charge in [-0.3, -0.25) is 0 Å². The molecule has 5 heteroatoms. The van der Waals surface area contributed by atoms with E-state index in [-0.39, 0.29) is 11.9 Å². The van der Waals surface area contributed by atoms with Crippen LogP contribution in [-0.2, 0) is 16.1 Å². The van der Waals surface area contributed by atoms with Crippen LogP contribution in [0.2, 0.25) is 0 Å². The summed E-state index contributed by atoms with van der Waals surface area (Å²) in [5, 5.41) is 21.5. The molecule has 1 aliphatic heterocycles. The number of ether oxygens (including phenoxy) is 1. The van der Waals surface area contributed by atoms with Crippen molar-refractivity contribution in [1.82, 2.24) is 5.32 Å². The van der Waals surface area contributed by atoms with Gasteiger partial charge in [0.25, 0.3) is 0 Å². The van der Waals surface area contributed by atoms with E-state index in [1.807, 2.05) is 12.1 Å². The monoisotopic (exact) mass is 251 g/mol. The van der Waals surface area contributed by atoms with Gasteiger partial charge in [-0.25, -0.2) is 4.79 Å². The van der Waals surface area contributed by atoms with Crippen LogP contribution in [0.15, 0.2) is 24.3 Å². The van der Waals surface area contributed by atoms with Crippen molar-refractivity contribution in [2.24, 2.45) is 0 Å². The van der Waals surface area contributed by atoms with Crippen molar-refractivity contribution in [2.45, 2.75) is 31.6 Å². The number of aliphatic carboxylic acids is 1. The Kier molecular flexibility index (Phi) is 4.17. The Morgan fingerprint density at radius 1 is 1.39 bits per heavy atom. The number of hydrogen-bond donors (Lipinski definition) is 3. The van der Waals surface area contributed by atoms with Crippen LogP contribution in [0.1, 0.15) is 18.4 Å². The summed E-state index contributed by atoms with van der Waals surface area (Å²) >= 11 is 0. The molecule has 1 fully saturated rings. The fraction of sp³-hybridized carbons (Fsp3) is 0.462. The SMILES string of the molecule is O=C(O)C1CCC(CNCc2ccccc2O)O1. The van der Waals surface area contributed by atoms with E-state index in [0.717, 1.165) is 12.0 Å². The first-order valence-corrected chi connectivity index (χ1v) is 6.02. The zero-order valence-corrected chi connectivity index (χ0v) is 10.0. The van der Waals surface area contributed by atoms with Gasteiger partial charge in [0.1, 0.15) is 5.75 Å². The van der Waals surface area contributed by atoms with Crippen molar-refractivity contribution < 1.29 is 19.7 Å². The summed E-state index contributed by atoms with van der Waals surface area (Å²) in [4.78, 5) is 10.7. The summed E-state index contributed by atoms with van der Waals surface area (Å²) in [7, 11) is 0. The highest BCUT2D eigenvalue weighted by molar-refractivity contribution is 5.72. The van der Waals surface area contributed by atoms with Crippen molar-refractivity contribution in [3.63, 3.8) is 0 Å². The molecule has 0 spiro atoms. The Balaban J connectivity index is 1.74. The Labute approximate surface area is 105 Å². The second kappa shape index (κ2) is 5.84. The summed E-state index contributed by atoms with van der Waals surface area (Å²) in [6.45, 7) is 1.14. The number of carboxylic acid groups (broad SMARTS) is 1. The summed E-state index contributed by atoms with van der Waals surface area (Å²) in [5.41, 5.74) is 0.824. The Bertz CT molecular complexity index is 421. The molecule has 2 atom stereocenters. The van der Waals surface area contributed by atoms with Gasteiger partial charge in [-0.05, 0) is 18.9 Å². The van der Waals surface area contributed by atoms with Gasteiger partial charge in [0.15, 0.2) is 6.10 Å². The fourth-order valence-corrected chi connectivity index (χ4v) is 2.07. The minimum Gasteiger partial charge on any atom is -0.508 e. The van der Waals surface area contributed by atoms with Crippen molar-refractivity contribution in [3.05, 3.63) is 29.8 Å². The maximum Gasteiger partial charge on any atom is 0.332 e. The normalized spacial score (nSPS) is 23.1. The van der Waals surface area contributed by atoms with E-state index < -0.39 is 12.1 Å². The maximum absolute atomic E-state index is 10.7. The summed E-state index contributed by atoms with van der Waals surface area (Å²) in [5.74, 6) is -0.626. The number of phenols is 1. The summed E-state index contributed by atoms with van der Waals surface area (Å²) in [6.07, 6.45) is 0.599. The van der Waals surface area contributed by atoms with E-state index in [2.05, 4.69) is 5.32 Å². The van der Waals surface area contributed by atoms with E-state index in [1.165, 1.54) is 0 Å². The Morgan fingerprint density at radius 2 is 2.17 bits per heavy atom. The third-order valence-electron chi connectivity index (χ3n) is 3.06. The number of hydrogen-bond acceptors (Lipinski definition) is 4. The maximum atomic E-state index is 10.7. The van der Waals surface area contributed by atoms with E-state index in [4.69, 9.17) is 9.84 Å². The number of nitrogens with one attached hydrogen (secondary N) is 1. The fourth-order valence-electron chi connectivity index (χ4n) is 2.07. The lowest BCUT2D eigenvalue weighted by Crippen LogP contribution is -2.28. The first-order valence-electron chi connectivity index (χ1n) is 6.02. The van der Waals surface area contributed by atoms with E-state index >= 15 is 0 Å². The minimum atomic E-state index is -0.891. The molecule has 1 saturated heterocycles. The predicted molar refractivity (Wildman–Crippen MR) is 65.3 cm³/mol. The quantitative estimate of drug-likeness (QED) is 0.730. The zero-order chi connectivity index (χ0) is 13.0. The molecule has 0 aliphatic carbocycles. The van der Waals surface area contributed by atoms with Gasteiger partial charge in [-0.2, -0.15) is 0 Å². The number of aromatic hydroxyl groups is 1. The van der Waals surface area contributed by atoms with Crippen LogP contribution in [0.5, 0.6) is 5.75 Å². The molecular weight excluding hydrogens is 234 g/mol. The molecule has 2 rings (SSSR count). The van der Waals surface area contributed by atoms with Crippen LogP contribution in [-0.4, -0.2) is 34.9 Å². The zero-order valence-electron chi connectivity index (χ0n) is 10.0. The average Bonchev–Trinajstić information content (AvgIpc) is 2.80. The topological polar surface area (TPSA) is 78.8 Å². The highest BCUT2D eigenvalue weighted by Gasteiger charge is 2.29. The third kappa shape index (κ3) is 3.21. The van der Waals surface area contributed by atoms with Crippen LogP contribution in [0.25, 0.3) is 0 Å². The van der Waals surface area contributed by atoms with Crippen molar-refractivity contribution in [3.8, 4) is 5.75 Å². The molecule has 3 N–H and O–H groups in total. The molecule has 1 aliphatic rings. The van der Waals surface area contributed by atoms with E-state index in [1.54, 1.807) is 12.1 Å². The van der Waals surface area contributed by atoms with Gasteiger partial charge < -0.3 is 20.3 Å². The number of para-hydroxylation sites is 1. The molecule has 2 unspecified atom stereocenters. The molecule has 0 radical (unpaired) electrons. The molecule has 0 bridgehead atoms. The Hall–Kier alpha value is -1.59. The number of carboxylic acids is 1. The molecule has 0 amide bonds. The van der Waals surface area contributed by atoms with Gasteiger partial charge in [-0.15, -0.1) is 0 Å². The smallest absolute Gasteiger partial charge is 0.332 e. The lowest BCUT2D eigenvalue weighted by molar-refractivity contribution is -0.149. The van der Waals surface area contributed by atoms with Gasteiger partial charge in [0, 0.05) is 18.7 Å². The molecule has 5 nitrogen and oxygen atoms in total. The van der Waals surface area contributed by atoms with Crippen molar-refractivity contribution in [2.75, 3.05) is 6.54 Å². The molecule has 0 saturated carbocycles. The molecule has 1 heterocycles. The van der Waals surface area contributed by atoms with Gasteiger partial charge in [0.2, 0.25) is 0 Å². The second-order valence-corrected chi connectivity index (χ2v) is 4.42. The van der Waals surface area contributed by atoms with Gasteiger partial charge in [0.05, 0.1) is 6.10 Å². The van der Waals surface area contributed by atoms with E-state index in [9.17, 15) is 9.90 Å². The second-order valence-electron chi connectivity index (χ2n) is 4.42. The molecule has 1 aromatic rings. The highest BCUT2D eigenvalue weighted by atomic mass is 16.5. The van der Waals surface area contributed by atoms with Gasteiger partial charge >= 0.3 is 5.97 Å². The van der Waals surface area contributed by atoms with Crippen molar-refractivity contribution in [1.29, 1.82) is 0 Å². The summed E-state index contributed by atoms with van der Waals surface area (Å²) < 4.78 is 5.37. The largest absolute Gasteiger partial charge is 0.508 e. The first kappa shape index (κ1) is 12.9. The molecule has 0 aromatic heterocycles. The van der Waals surface area contributed by atoms with Crippen LogP contribution < -0.4 is 5.32 Å². The van der Waals surface area contributed by atoms with E-state index in [0.29, 0.717) is 19.5 Å². The van der Waals surface area contributed by atoms with Crippen LogP contribution in [0, 0.1) is 0 Å². The first-order chi connectivity index (χ1) is 8.66. The lowest BCUT2D eigenvalue weighted by atomic mass is 10.2. The minimum absolute atomic E-state index is 0.0584. The molecule has 18 heavy (non-hydrogen) atoms. The van der Waals surface area contributed by atoms with Crippen LogP contribution in [0.3, 0.4) is 0 Å². The number of rotatable bonds is 5. The molecule has 98 valence electrons. The standard InChI is InChI=1S/C13H17NO4/c15-11-4-2-1-3-9(11)7-14-8-10-5-6-12(18-10)13(16)17/h1-4,10,12,14-15H,5-8H2,(H,16,17). The Morgan fingerprint density at radius 3 is 2.83 bits per heavy atom. The number of phenolic OH excluding ortho intramolecular Hbond substituents is 1. The van der Waals surface area contributed by atoms with Crippen molar-refractivity contribution >= 4 is 5.97 Å². The number of benzene rings is 1. The molecule has 1 aromatic carbocycles. The van der Waals surface area contributed by atoms with Crippen LogP contribution in [0.4, 0.5) is 0 Å². The highest BCUT2D eigenvalue weighted by Crippen LogP contribution is 2.20. The third-order valence-corrected chi connectivity index (χ3v) is 3.06. The number of carbonyl (C=O) groups is 1. The summed E-state index contributed by atoms with van der Waals surface area (Å²) in [6, 6.07) is 7.13. The lowest BCUT2D eigenvalue weighted by Gasteiger charge is -2.12. The average molecular weight is 251 g/mol. The van der Waals surface area contributed by atoms with Crippen LogP contribution >= 0.6 is 0 Å². The molecular formula is C13H17NO4.